The molecule has 2 atom stereocenters. The average Bonchev–Trinajstić information content (AvgIpc) is 2.76. The zero-order valence-electron chi connectivity index (χ0n) is 12.9. The molecule has 2 fully saturated rings. The van der Waals surface area contributed by atoms with E-state index in [4.69, 9.17) is 4.74 Å². The normalized spacial score (nSPS) is 28.0. The summed E-state index contributed by atoms with van der Waals surface area (Å²) in [6.07, 6.45) is 3.85. The highest BCUT2D eigenvalue weighted by Gasteiger charge is 2.54. The summed E-state index contributed by atoms with van der Waals surface area (Å²) in [5, 5.41) is 2.95. The Balaban J connectivity index is 1.62. The van der Waals surface area contributed by atoms with Crippen LogP contribution in [0, 0.1) is 5.92 Å². The lowest BCUT2D eigenvalue weighted by Gasteiger charge is -2.36. The predicted molar refractivity (Wildman–Crippen MR) is 82.5 cm³/mol. The van der Waals surface area contributed by atoms with E-state index in [2.05, 4.69) is 12.2 Å². The van der Waals surface area contributed by atoms with Gasteiger partial charge in [-0.25, -0.2) is 4.79 Å². The molecule has 1 heterocycles. The Bertz CT molecular complexity index is 560. The molecule has 1 aromatic rings. The lowest BCUT2D eigenvalue weighted by atomic mass is 9.73. The van der Waals surface area contributed by atoms with Gasteiger partial charge in [-0.15, -0.1) is 0 Å². The molecule has 1 aliphatic carbocycles. The number of imide groups is 1. The lowest BCUT2D eigenvalue weighted by molar-refractivity contribution is -0.134. The number of urea groups is 1. The Labute approximate surface area is 130 Å². The molecule has 1 spiro atoms. The van der Waals surface area contributed by atoms with Crippen molar-refractivity contribution in [2.24, 2.45) is 5.92 Å². The molecule has 0 bridgehead atoms. The standard InChI is InChI=1S/C17H22N2O3/c1-13-7-5-6-10-17(13)15(20)19(16(21)18-17)11-12-22-14-8-3-2-4-9-14/h2-4,8-9,13H,5-7,10-12H2,1H3,(H,18,21)/t13-,17+/m0/s1. The van der Waals surface area contributed by atoms with Gasteiger partial charge < -0.3 is 10.1 Å². The van der Waals surface area contributed by atoms with Crippen molar-refractivity contribution in [3.05, 3.63) is 30.3 Å². The van der Waals surface area contributed by atoms with E-state index in [0.717, 1.165) is 31.4 Å². The monoisotopic (exact) mass is 302 g/mol. The van der Waals surface area contributed by atoms with E-state index in [1.165, 1.54) is 4.90 Å². The second-order valence-electron chi connectivity index (χ2n) is 6.17. The topological polar surface area (TPSA) is 58.6 Å². The molecule has 0 aromatic heterocycles. The summed E-state index contributed by atoms with van der Waals surface area (Å²) in [6, 6.07) is 9.13. The minimum atomic E-state index is -0.678. The molecule has 5 nitrogen and oxygen atoms in total. The summed E-state index contributed by atoms with van der Waals surface area (Å²) < 4.78 is 5.59. The molecule has 1 N–H and O–H groups in total. The molecule has 3 amide bonds. The van der Waals surface area contributed by atoms with Crippen LogP contribution in [-0.2, 0) is 4.79 Å². The quantitative estimate of drug-likeness (QED) is 0.870. The number of carbonyl (C=O) groups excluding carboxylic acids is 2. The minimum Gasteiger partial charge on any atom is -0.492 e. The van der Waals surface area contributed by atoms with E-state index >= 15 is 0 Å². The van der Waals surface area contributed by atoms with Gasteiger partial charge >= 0.3 is 6.03 Å². The maximum atomic E-state index is 12.7. The molecule has 0 radical (unpaired) electrons. The second kappa shape index (κ2) is 5.99. The summed E-state index contributed by atoms with van der Waals surface area (Å²) in [4.78, 5) is 26.2. The molecule has 1 aliphatic heterocycles. The maximum Gasteiger partial charge on any atom is 0.325 e. The number of ether oxygens (including phenoxy) is 1. The van der Waals surface area contributed by atoms with E-state index in [9.17, 15) is 9.59 Å². The van der Waals surface area contributed by atoms with Crippen LogP contribution in [0.1, 0.15) is 32.6 Å². The number of nitrogens with zero attached hydrogens (tertiary/aromatic N) is 1. The van der Waals surface area contributed by atoms with Crippen molar-refractivity contribution in [2.45, 2.75) is 38.1 Å². The van der Waals surface area contributed by atoms with Gasteiger partial charge in [-0.1, -0.05) is 38.0 Å². The van der Waals surface area contributed by atoms with Crippen LogP contribution >= 0.6 is 0 Å². The van der Waals surface area contributed by atoms with E-state index in [1.54, 1.807) is 0 Å². The van der Waals surface area contributed by atoms with Crippen LogP contribution in [0.25, 0.3) is 0 Å². The first-order valence-electron chi connectivity index (χ1n) is 7.95. The SMILES string of the molecule is C[C@H]1CCCC[C@@]12NC(=O)N(CCOc1ccccc1)C2=O. The second-order valence-corrected chi connectivity index (χ2v) is 6.17. The number of amides is 3. The van der Waals surface area contributed by atoms with Crippen molar-refractivity contribution in [3.8, 4) is 5.75 Å². The Morgan fingerprint density at radius 2 is 2.05 bits per heavy atom. The van der Waals surface area contributed by atoms with Crippen molar-refractivity contribution < 1.29 is 14.3 Å². The molecule has 118 valence electrons. The van der Waals surface area contributed by atoms with Gasteiger partial charge in [0, 0.05) is 0 Å². The van der Waals surface area contributed by atoms with Crippen LogP contribution in [0.15, 0.2) is 30.3 Å². The molecule has 1 saturated carbocycles. The molecule has 22 heavy (non-hydrogen) atoms. The van der Waals surface area contributed by atoms with Crippen molar-refractivity contribution in [3.63, 3.8) is 0 Å². The van der Waals surface area contributed by atoms with Crippen LogP contribution in [0.3, 0.4) is 0 Å². The molecule has 2 aliphatic rings. The molecular formula is C17H22N2O3. The fraction of sp³-hybridized carbons (Fsp3) is 0.529. The van der Waals surface area contributed by atoms with Crippen molar-refractivity contribution in [1.82, 2.24) is 10.2 Å². The fourth-order valence-electron chi connectivity index (χ4n) is 3.47. The van der Waals surface area contributed by atoms with Crippen LogP contribution in [0.4, 0.5) is 4.79 Å². The highest BCUT2D eigenvalue weighted by atomic mass is 16.5. The third kappa shape index (κ3) is 2.56. The zero-order chi connectivity index (χ0) is 15.6. The van der Waals surface area contributed by atoms with E-state index in [1.807, 2.05) is 30.3 Å². The van der Waals surface area contributed by atoms with E-state index in [0.29, 0.717) is 6.61 Å². The fourth-order valence-corrected chi connectivity index (χ4v) is 3.47. The summed E-state index contributed by atoms with van der Waals surface area (Å²) in [6.45, 7) is 2.66. The van der Waals surface area contributed by atoms with Crippen molar-refractivity contribution >= 4 is 11.9 Å². The molecule has 5 heteroatoms. The van der Waals surface area contributed by atoms with Crippen LogP contribution in [0.5, 0.6) is 5.75 Å². The Kier molecular flexibility index (Phi) is 4.05. The molecular weight excluding hydrogens is 280 g/mol. The lowest BCUT2D eigenvalue weighted by Crippen LogP contribution is -2.54. The van der Waals surface area contributed by atoms with Crippen molar-refractivity contribution in [1.29, 1.82) is 0 Å². The third-order valence-electron chi connectivity index (χ3n) is 4.83. The number of para-hydroxylation sites is 1. The Morgan fingerprint density at radius 3 is 2.77 bits per heavy atom. The highest BCUT2D eigenvalue weighted by Crippen LogP contribution is 2.38. The smallest absolute Gasteiger partial charge is 0.325 e. The first-order valence-corrected chi connectivity index (χ1v) is 7.95. The highest BCUT2D eigenvalue weighted by molar-refractivity contribution is 6.07. The average molecular weight is 302 g/mol. The van der Waals surface area contributed by atoms with Crippen molar-refractivity contribution in [2.75, 3.05) is 13.2 Å². The Hall–Kier alpha value is -2.04. The molecule has 0 unspecified atom stereocenters. The van der Waals surface area contributed by atoms with Gasteiger partial charge in [-0.3, -0.25) is 9.69 Å². The molecule has 1 saturated heterocycles. The number of rotatable bonds is 4. The number of hydrogen-bond donors (Lipinski definition) is 1. The van der Waals surface area contributed by atoms with Gasteiger partial charge in [0.05, 0.1) is 6.54 Å². The molecule has 1 aromatic carbocycles. The first-order chi connectivity index (χ1) is 10.6. The number of hydrogen-bond acceptors (Lipinski definition) is 3. The first kappa shape index (κ1) is 14.9. The minimum absolute atomic E-state index is 0.0821. The predicted octanol–water partition coefficient (Wildman–Crippen LogP) is 2.57. The summed E-state index contributed by atoms with van der Waals surface area (Å²) in [5.74, 6) is 0.856. The van der Waals surface area contributed by atoms with E-state index < -0.39 is 5.54 Å². The Morgan fingerprint density at radius 1 is 1.27 bits per heavy atom. The van der Waals surface area contributed by atoms with Gasteiger partial charge in [-0.2, -0.15) is 0 Å². The van der Waals surface area contributed by atoms with Gasteiger partial charge in [0.15, 0.2) is 0 Å². The van der Waals surface area contributed by atoms with Crippen LogP contribution in [0.2, 0.25) is 0 Å². The van der Waals surface area contributed by atoms with Crippen LogP contribution < -0.4 is 10.1 Å². The molecule has 3 rings (SSSR count). The van der Waals surface area contributed by atoms with Gasteiger partial charge in [0.2, 0.25) is 0 Å². The van der Waals surface area contributed by atoms with Crippen LogP contribution in [-0.4, -0.2) is 35.5 Å². The summed E-state index contributed by atoms with van der Waals surface area (Å²) in [7, 11) is 0. The van der Waals surface area contributed by atoms with E-state index in [-0.39, 0.29) is 24.4 Å². The van der Waals surface area contributed by atoms with Gasteiger partial charge in [0.25, 0.3) is 5.91 Å². The zero-order valence-corrected chi connectivity index (χ0v) is 12.9. The maximum absolute atomic E-state index is 12.7. The third-order valence-corrected chi connectivity index (χ3v) is 4.83. The number of carbonyl (C=O) groups is 2. The number of nitrogens with one attached hydrogen (secondary N) is 1. The summed E-state index contributed by atoms with van der Waals surface area (Å²) in [5.41, 5.74) is -0.678. The number of benzene rings is 1. The van der Waals surface area contributed by atoms with Gasteiger partial charge in [-0.05, 0) is 30.9 Å². The summed E-state index contributed by atoms with van der Waals surface area (Å²) >= 11 is 0. The largest absolute Gasteiger partial charge is 0.492 e. The van der Waals surface area contributed by atoms with Gasteiger partial charge in [0.1, 0.15) is 17.9 Å².